The third-order valence-corrected chi connectivity index (χ3v) is 3.23. The zero-order valence-electron chi connectivity index (χ0n) is 10.3. The van der Waals surface area contributed by atoms with Crippen LogP contribution in [0.25, 0.3) is 0 Å². The molecule has 0 aromatic heterocycles. The molecule has 0 spiro atoms. The topological polar surface area (TPSA) is 122 Å². The summed E-state index contributed by atoms with van der Waals surface area (Å²) in [6.45, 7) is 3.31. The number of rotatable bonds is 7. The minimum atomic E-state index is -1.15. The molecule has 0 aromatic carbocycles. The molecule has 1 heterocycles. The second-order valence-electron chi connectivity index (χ2n) is 4.61. The molecular formula is C11H19N3O4. The summed E-state index contributed by atoms with van der Waals surface area (Å²) in [5, 5.41) is 14.4. The van der Waals surface area contributed by atoms with Crippen LogP contribution in [0, 0.1) is 11.8 Å². The van der Waals surface area contributed by atoms with Gasteiger partial charge in [-0.1, -0.05) is 6.92 Å². The summed E-state index contributed by atoms with van der Waals surface area (Å²) in [6, 6.07) is -1.06. The summed E-state index contributed by atoms with van der Waals surface area (Å²) in [6.07, 6.45) is -0.0390. The normalized spacial score (nSPS) is 18.5. The van der Waals surface area contributed by atoms with E-state index in [0.717, 1.165) is 13.1 Å². The maximum absolute atomic E-state index is 11.8. The van der Waals surface area contributed by atoms with Crippen LogP contribution in [-0.4, -0.2) is 42.0 Å². The number of amides is 2. The summed E-state index contributed by atoms with van der Waals surface area (Å²) in [7, 11) is 0. The Bertz CT molecular complexity index is 341. The predicted octanol–water partition coefficient (Wildman–Crippen LogP) is -1.32. The van der Waals surface area contributed by atoms with Crippen LogP contribution in [0.4, 0.5) is 0 Å². The lowest BCUT2D eigenvalue weighted by Crippen LogP contribution is -2.52. The molecule has 1 aliphatic heterocycles. The molecule has 1 saturated heterocycles. The number of nitrogens with one attached hydrogen (secondary N) is 2. The van der Waals surface area contributed by atoms with E-state index in [4.69, 9.17) is 10.8 Å². The standard InChI is InChI=1S/C11H19N3O4/c1-6(7-4-13-5-7)10(16)14-8(11(17)18)2-3-9(12)15/h6-8,13H,2-5H2,1H3,(H2,12,15)(H,14,16)(H,17,18)/t6?,8-/m1/s1. The minimum Gasteiger partial charge on any atom is -0.480 e. The summed E-state index contributed by atoms with van der Waals surface area (Å²) < 4.78 is 0. The smallest absolute Gasteiger partial charge is 0.326 e. The molecule has 1 rings (SSSR count). The van der Waals surface area contributed by atoms with Crippen molar-refractivity contribution in [2.75, 3.05) is 13.1 Å². The molecule has 1 aliphatic rings. The largest absolute Gasteiger partial charge is 0.480 e. The first kappa shape index (κ1) is 14.4. The molecule has 18 heavy (non-hydrogen) atoms. The number of nitrogens with two attached hydrogens (primary N) is 1. The molecule has 7 heteroatoms. The lowest BCUT2D eigenvalue weighted by molar-refractivity contribution is -0.143. The summed E-state index contributed by atoms with van der Waals surface area (Å²) >= 11 is 0. The molecule has 2 atom stereocenters. The number of aliphatic carboxylic acids is 1. The number of primary amides is 1. The van der Waals surface area contributed by atoms with E-state index in [9.17, 15) is 14.4 Å². The van der Waals surface area contributed by atoms with E-state index in [1.54, 1.807) is 6.92 Å². The van der Waals surface area contributed by atoms with Gasteiger partial charge in [0.2, 0.25) is 11.8 Å². The zero-order valence-corrected chi connectivity index (χ0v) is 10.3. The molecular weight excluding hydrogens is 238 g/mol. The molecule has 0 aliphatic carbocycles. The summed E-state index contributed by atoms with van der Waals surface area (Å²) in [5.41, 5.74) is 4.96. The fraction of sp³-hybridized carbons (Fsp3) is 0.727. The van der Waals surface area contributed by atoms with Crippen LogP contribution in [0.1, 0.15) is 19.8 Å². The van der Waals surface area contributed by atoms with Crippen LogP contribution < -0.4 is 16.4 Å². The van der Waals surface area contributed by atoms with Gasteiger partial charge in [-0.2, -0.15) is 0 Å². The maximum Gasteiger partial charge on any atom is 0.326 e. The van der Waals surface area contributed by atoms with Gasteiger partial charge in [0.15, 0.2) is 0 Å². The highest BCUT2D eigenvalue weighted by Crippen LogP contribution is 2.16. The highest BCUT2D eigenvalue weighted by molar-refractivity contribution is 5.85. The number of carbonyl (C=O) groups is 3. The van der Waals surface area contributed by atoms with E-state index >= 15 is 0 Å². The van der Waals surface area contributed by atoms with Gasteiger partial charge in [0.05, 0.1) is 0 Å². The van der Waals surface area contributed by atoms with Gasteiger partial charge < -0.3 is 21.5 Å². The number of hydrogen-bond donors (Lipinski definition) is 4. The fourth-order valence-corrected chi connectivity index (χ4v) is 1.73. The zero-order chi connectivity index (χ0) is 13.7. The molecule has 2 amide bonds. The first-order valence-electron chi connectivity index (χ1n) is 5.94. The Hall–Kier alpha value is -1.63. The summed E-state index contributed by atoms with van der Waals surface area (Å²) in [5.74, 6) is -2.01. The van der Waals surface area contributed by atoms with Gasteiger partial charge in [0.25, 0.3) is 0 Å². The Labute approximate surface area is 105 Å². The average molecular weight is 257 g/mol. The van der Waals surface area contributed by atoms with E-state index in [1.807, 2.05) is 0 Å². The van der Waals surface area contributed by atoms with Gasteiger partial charge in [-0.05, 0) is 25.4 Å². The highest BCUT2D eigenvalue weighted by atomic mass is 16.4. The van der Waals surface area contributed by atoms with Crippen molar-refractivity contribution in [1.82, 2.24) is 10.6 Å². The molecule has 0 radical (unpaired) electrons. The molecule has 0 bridgehead atoms. The van der Waals surface area contributed by atoms with Crippen LogP contribution in [0.3, 0.4) is 0 Å². The first-order chi connectivity index (χ1) is 8.41. The van der Waals surface area contributed by atoms with Gasteiger partial charge in [-0.25, -0.2) is 4.79 Å². The van der Waals surface area contributed by atoms with Crippen LogP contribution in [-0.2, 0) is 14.4 Å². The van der Waals surface area contributed by atoms with Crippen molar-refractivity contribution in [3.8, 4) is 0 Å². The predicted molar refractivity (Wildman–Crippen MR) is 63.5 cm³/mol. The van der Waals surface area contributed by atoms with E-state index in [0.29, 0.717) is 0 Å². The molecule has 0 saturated carbocycles. The van der Waals surface area contributed by atoms with Gasteiger partial charge >= 0.3 is 5.97 Å². The van der Waals surface area contributed by atoms with E-state index < -0.39 is 17.9 Å². The lowest BCUT2D eigenvalue weighted by Gasteiger charge is -2.32. The highest BCUT2D eigenvalue weighted by Gasteiger charge is 2.31. The fourth-order valence-electron chi connectivity index (χ4n) is 1.73. The van der Waals surface area contributed by atoms with Crippen LogP contribution >= 0.6 is 0 Å². The van der Waals surface area contributed by atoms with Crippen molar-refractivity contribution in [1.29, 1.82) is 0 Å². The van der Waals surface area contributed by atoms with Crippen molar-refractivity contribution in [3.63, 3.8) is 0 Å². The van der Waals surface area contributed by atoms with Crippen molar-refractivity contribution in [3.05, 3.63) is 0 Å². The summed E-state index contributed by atoms with van der Waals surface area (Å²) in [4.78, 5) is 33.4. The second-order valence-corrected chi connectivity index (χ2v) is 4.61. The Morgan fingerprint density at radius 3 is 2.44 bits per heavy atom. The average Bonchev–Trinajstić information content (AvgIpc) is 2.20. The SMILES string of the molecule is CC(C(=O)N[C@H](CCC(N)=O)C(=O)O)C1CNC1. The number of carboxylic acids is 1. The Kier molecular flexibility index (Phi) is 5.08. The van der Waals surface area contributed by atoms with Gasteiger partial charge in [0.1, 0.15) is 6.04 Å². The lowest BCUT2D eigenvalue weighted by atomic mass is 9.88. The molecule has 1 fully saturated rings. The molecule has 7 nitrogen and oxygen atoms in total. The van der Waals surface area contributed by atoms with Crippen molar-refractivity contribution in [2.45, 2.75) is 25.8 Å². The maximum atomic E-state index is 11.8. The molecule has 0 aromatic rings. The van der Waals surface area contributed by atoms with Crippen LogP contribution in [0.5, 0.6) is 0 Å². The first-order valence-corrected chi connectivity index (χ1v) is 5.94. The van der Waals surface area contributed by atoms with Gasteiger partial charge in [0, 0.05) is 12.3 Å². The van der Waals surface area contributed by atoms with Gasteiger partial charge in [-0.3, -0.25) is 9.59 Å². The van der Waals surface area contributed by atoms with Crippen molar-refractivity contribution < 1.29 is 19.5 Å². The van der Waals surface area contributed by atoms with Crippen molar-refractivity contribution in [2.24, 2.45) is 17.6 Å². The third-order valence-electron chi connectivity index (χ3n) is 3.23. The minimum absolute atomic E-state index is 0.0199. The van der Waals surface area contributed by atoms with Crippen LogP contribution in [0.2, 0.25) is 0 Å². The van der Waals surface area contributed by atoms with E-state index in [2.05, 4.69) is 10.6 Å². The Balaban J connectivity index is 2.46. The number of carbonyl (C=O) groups excluding carboxylic acids is 2. The Morgan fingerprint density at radius 2 is 2.06 bits per heavy atom. The number of hydrogen-bond acceptors (Lipinski definition) is 4. The molecule has 5 N–H and O–H groups in total. The molecule has 1 unspecified atom stereocenters. The van der Waals surface area contributed by atoms with Crippen molar-refractivity contribution >= 4 is 17.8 Å². The van der Waals surface area contributed by atoms with Gasteiger partial charge in [-0.15, -0.1) is 0 Å². The third kappa shape index (κ3) is 3.99. The second kappa shape index (κ2) is 6.34. The monoisotopic (exact) mass is 257 g/mol. The molecule has 102 valence electrons. The number of carboxylic acid groups (broad SMARTS) is 1. The van der Waals surface area contributed by atoms with E-state index in [1.165, 1.54) is 0 Å². The Morgan fingerprint density at radius 1 is 1.44 bits per heavy atom. The quantitative estimate of drug-likeness (QED) is 0.450. The van der Waals surface area contributed by atoms with Crippen LogP contribution in [0.15, 0.2) is 0 Å². The van der Waals surface area contributed by atoms with E-state index in [-0.39, 0.29) is 30.6 Å².